The second-order valence-corrected chi connectivity index (χ2v) is 7.70. The summed E-state index contributed by atoms with van der Waals surface area (Å²) < 4.78 is 1.92. The Morgan fingerprint density at radius 1 is 1.04 bits per heavy atom. The Balaban J connectivity index is 2.21. The standard InChI is InChI=1S/C21H26ClN3/c1-12(2)15-8-7-9-16(13(3)4)19(15)23-17-10-14(5)11-18-20(17)24-21(22)25(18)6/h7-13,23H,1-6H3. The molecule has 3 rings (SSSR count). The summed E-state index contributed by atoms with van der Waals surface area (Å²) in [4.78, 5) is 4.56. The van der Waals surface area contributed by atoms with Crippen molar-refractivity contribution in [3.8, 4) is 0 Å². The molecule has 1 aromatic heterocycles. The third-order valence-electron chi connectivity index (χ3n) is 4.71. The van der Waals surface area contributed by atoms with Gasteiger partial charge in [-0.1, -0.05) is 45.9 Å². The van der Waals surface area contributed by atoms with Crippen molar-refractivity contribution in [1.82, 2.24) is 9.55 Å². The first kappa shape index (κ1) is 17.8. The Kier molecular flexibility index (Phi) is 4.79. The number of hydrogen-bond donors (Lipinski definition) is 1. The number of aryl methyl sites for hydroxylation is 2. The van der Waals surface area contributed by atoms with E-state index in [-0.39, 0.29) is 0 Å². The quantitative estimate of drug-likeness (QED) is 0.576. The molecule has 0 atom stereocenters. The molecule has 0 radical (unpaired) electrons. The molecule has 0 bridgehead atoms. The monoisotopic (exact) mass is 355 g/mol. The van der Waals surface area contributed by atoms with E-state index < -0.39 is 0 Å². The average molecular weight is 356 g/mol. The molecule has 0 fully saturated rings. The van der Waals surface area contributed by atoms with Gasteiger partial charge in [0.05, 0.1) is 11.2 Å². The topological polar surface area (TPSA) is 29.9 Å². The molecule has 4 heteroatoms. The largest absolute Gasteiger partial charge is 0.353 e. The first-order valence-corrected chi connectivity index (χ1v) is 9.19. The third kappa shape index (κ3) is 3.25. The van der Waals surface area contributed by atoms with Crippen molar-refractivity contribution in [3.05, 3.63) is 52.3 Å². The lowest BCUT2D eigenvalue weighted by Gasteiger charge is -2.21. The predicted octanol–water partition coefficient (Wildman–Crippen LogP) is 6.53. The summed E-state index contributed by atoms with van der Waals surface area (Å²) in [5, 5.41) is 4.20. The fourth-order valence-electron chi connectivity index (χ4n) is 3.32. The van der Waals surface area contributed by atoms with Crippen molar-refractivity contribution in [2.45, 2.75) is 46.5 Å². The maximum Gasteiger partial charge on any atom is 0.203 e. The molecule has 3 aromatic rings. The van der Waals surface area contributed by atoms with Crippen LogP contribution in [0.2, 0.25) is 5.28 Å². The Labute approximate surface area is 155 Å². The summed E-state index contributed by atoms with van der Waals surface area (Å²) in [5.74, 6) is 0.877. The fourth-order valence-corrected chi connectivity index (χ4v) is 3.50. The van der Waals surface area contributed by atoms with Gasteiger partial charge in [0, 0.05) is 12.7 Å². The smallest absolute Gasteiger partial charge is 0.203 e. The molecule has 132 valence electrons. The Morgan fingerprint density at radius 3 is 2.20 bits per heavy atom. The number of anilines is 2. The fraction of sp³-hybridized carbons (Fsp3) is 0.381. The van der Waals surface area contributed by atoms with E-state index in [2.05, 4.69) is 75.3 Å². The summed E-state index contributed by atoms with van der Waals surface area (Å²) in [6, 6.07) is 10.8. The van der Waals surface area contributed by atoms with Crippen molar-refractivity contribution < 1.29 is 0 Å². The number of halogens is 1. The van der Waals surface area contributed by atoms with Crippen LogP contribution in [0.5, 0.6) is 0 Å². The molecule has 25 heavy (non-hydrogen) atoms. The van der Waals surface area contributed by atoms with Gasteiger partial charge in [0.25, 0.3) is 0 Å². The number of benzene rings is 2. The van der Waals surface area contributed by atoms with Crippen LogP contribution in [-0.2, 0) is 7.05 Å². The van der Waals surface area contributed by atoms with Crippen LogP contribution in [0.25, 0.3) is 11.0 Å². The van der Waals surface area contributed by atoms with Crippen LogP contribution in [-0.4, -0.2) is 9.55 Å². The van der Waals surface area contributed by atoms with Crippen molar-refractivity contribution in [2.24, 2.45) is 7.05 Å². The zero-order chi connectivity index (χ0) is 18.3. The summed E-state index contributed by atoms with van der Waals surface area (Å²) >= 11 is 6.27. The molecule has 0 unspecified atom stereocenters. The van der Waals surface area contributed by atoms with E-state index in [1.54, 1.807) is 0 Å². The number of imidazole rings is 1. The normalized spacial score (nSPS) is 11.7. The Hall–Kier alpha value is -2.00. The molecule has 3 nitrogen and oxygen atoms in total. The van der Waals surface area contributed by atoms with Gasteiger partial charge in [0.15, 0.2) is 0 Å². The minimum Gasteiger partial charge on any atom is -0.353 e. The van der Waals surface area contributed by atoms with Gasteiger partial charge >= 0.3 is 0 Å². The van der Waals surface area contributed by atoms with E-state index in [9.17, 15) is 0 Å². The van der Waals surface area contributed by atoms with E-state index >= 15 is 0 Å². The summed E-state index contributed by atoms with van der Waals surface area (Å²) in [7, 11) is 1.95. The second kappa shape index (κ2) is 6.72. The predicted molar refractivity (Wildman–Crippen MR) is 108 cm³/mol. The van der Waals surface area contributed by atoms with Gasteiger partial charge in [-0.05, 0) is 59.2 Å². The minimum atomic E-state index is 0.439. The molecular weight excluding hydrogens is 330 g/mol. The lowest BCUT2D eigenvalue weighted by molar-refractivity contribution is 0.838. The van der Waals surface area contributed by atoms with Crippen LogP contribution in [0.4, 0.5) is 11.4 Å². The number of fused-ring (bicyclic) bond motifs is 1. The van der Waals surface area contributed by atoms with Gasteiger partial charge in [-0.3, -0.25) is 0 Å². The van der Waals surface area contributed by atoms with Crippen molar-refractivity contribution in [2.75, 3.05) is 5.32 Å². The van der Waals surface area contributed by atoms with Crippen LogP contribution < -0.4 is 5.32 Å². The van der Waals surface area contributed by atoms with E-state index in [4.69, 9.17) is 11.6 Å². The minimum absolute atomic E-state index is 0.439. The van der Waals surface area contributed by atoms with E-state index in [0.29, 0.717) is 17.1 Å². The lowest BCUT2D eigenvalue weighted by atomic mass is 9.92. The third-order valence-corrected chi connectivity index (χ3v) is 5.05. The highest BCUT2D eigenvalue weighted by Gasteiger charge is 2.17. The van der Waals surface area contributed by atoms with Gasteiger partial charge in [-0.15, -0.1) is 0 Å². The first-order valence-electron chi connectivity index (χ1n) is 8.82. The van der Waals surface area contributed by atoms with E-state index in [1.807, 2.05) is 11.6 Å². The van der Waals surface area contributed by atoms with Crippen molar-refractivity contribution in [1.29, 1.82) is 0 Å². The average Bonchev–Trinajstić information content (AvgIpc) is 2.83. The zero-order valence-corrected chi connectivity index (χ0v) is 16.6. The van der Waals surface area contributed by atoms with Gasteiger partial charge in [0.1, 0.15) is 5.52 Å². The lowest BCUT2D eigenvalue weighted by Crippen LogP contribution is -2.04. The second-order valence-electron chi connectivity index (χ2n) is 7.37. The van der Waals surface area contributed by atoms with E-state index in [0.717, 1.165) is 16.7 Å². The molecule has 2 aromatic carbocycles. The molecule has 0 saturated heterocycles. The highest BCUT2D eigenvalue weighted by Crippen LogP contribution is 2.37. The molecule has 0 amide bonds. The number of nitrogens with zero attached hydrogens (tertiary/aromatic N) is 2. The maximum absolute atomic E-state index is 6.27. The van der Waals surface area contributed by atoms with Gasteiger partial charge in [0.2, 0.25) is 5.28 Å². The summed E-state index contributed by atoms with van der Waals surface area (Å²) in [5.41, 5.74) is 7.98. The molecule has 1 heterocycles. The van der Waals surface area contributed by atoms with Gasteiger partial charge < -0.3 is 9.88 Å². The molecule has 0 aliphatic rings. The van der Waals surface area contributed by atoms with Gasteiger partial charge in [-0.25, -0.2) is 4.98 Å². The number of rotatable bonds is 4. The number of para-hydroxylation sites is 1. The first-order chi connectivity index (χ1) is 11.8. The van der Waals surface area contributed by atoms with E-state index in [1.165, 1.54) is 22.4 Å². The summed E-state index contributed by atoms with van der Waals surface area (Å²) in [6.07, 6.45) is 0. The van der Waals surface area contributed by atoms with Crippen LogP contribution >= 0.6 is 11.6 Å². The van der Waals surface area contributed by atoms with Crippen LogP contribution in [0.15, 0.2) is 30.3 Å². The molecular formula is C21H26ClN3. The maximum atomic E-state index is 6.27. The molecule has 1 N–H and O–H groups in total. The molecule has 0 aliphatic heterocycles. The molecule has 0 saturated carbocycles. The van der Waals surface area contributed by atoms with Crippen LogP contribution in [0, 0.1) is 6.92 Å². The van der Waals surface area contributed by atoms with Crippen molar-refractivity contribution >= 4 is 34.0 Å². The molecule has 0 spiro atoms. The Bertz CT molecular complexity index is 896. The van der Waals surface area contributed by atoms with Crippen molar-refractivity contribution in [3.63, 3.8) is 0 Å². The zero-order valence-electron chi connectivity index (χ0n) is 15.8. The highest BCUT2D eigenvalue weighted by molar-refractivity contribution is 6.29. The Morgan fingerprint density at radius 2 is 1.64 bits per heavy atom. The van der Waals surface area contributed by atoms with Gasteiger partial charge in [-0.2, -0.15) is 0 Å². The summed E-state index contributed by atoms with van der Waals surface area (Å²) in [6.45, 7) is 11.0. The molecule has 0 aliphatic carbocycles. The van der Waals surface area contributed by atoms with Crippen LogP contribution in [0.1, 0.15) is 56.2 Å². The number of hydrogen-bond acceptors (Lipinski definition) is 2. The SMILES string of the molecule is Cc1cc(Nc2c(C(C)C)cccc2C(C)C)c2nc(Cl)n(C)c2c1. The van der Waals surface area contributed by atoms with Crippen LogP contribution in [0.3, 0.4) is 0 Å². The number of nitrogens with one attached hydrogen (secondary N) is 1. The highest BCUT2D eigenvalue weighted by atomic mass is 35.5. The number of aromatic nitrogens is 2.